The molecule has 0 unspecified atom stereocenters. The van der Waals surface area contributed by atoms with E-state index in [2.05, 4.69) is 30.3 Å². The molecule has 0 spiro atoms. The van der Waals surface area contributed by atoms with E-state index in [1.165, 1.54) is 37.7 Å². The Morgan fingerprint density at radius 2 is 1.64 bits per heavy atom. The molecule has 0 radical (unpaired) electrons. The van der Waals surface area contributed by atoms with Gasteiger partial charge in [-0.2, -0.15) is 0 Å². The van der Waals surface area contributed by atoms with Crippen LogP contribution in [0.15, 0.2) is 30.3 Å². The molecule has 0 fully saturated rings. The minimum absolute atomic E-state index is 1.10. The van der Waals surface area contributed by atoms with Crippen LogP contribution in [0.4, 0.5) is 0 Å². The second kappa shape index (κ2) is 7.69. The van der Waals surface area contributed by atoms with Crippen LogP contribution in [0.3, 0.4) is 0 Å². The van der Waals surface area contributed by atoms with Crippen molar-refractivity contribution >= 4 is 17.6 Å². The molecule has 0 saturated heterocycles. The van der Waals surface area contributed by atoms with Crippen molar-refractivity contribution in [2.24, 2.45) is 0 Å². The van der Waals surface area contributed by atoms with E-state index < -0.39 is 0 Å². The van der Waals surface area contributed by atoms with E-state index in [9.17, 15) is 0 Å². The van der Waals surface area contributed by atoms with Gasteiger partial charge in [0, 0.05) is 0 Å². The Morgan fingerprint density at radius 1 is 0.929 bits per heavy atom. The summed E-state index contributed by atoms with van der Waals surface area (Å²) in [6, 6.07) is 10.7. The predicted octanol–water partition coefficient (Wildman–Crippen LogP) is 4.18. The molecule has 1 aromatic carbocycles. The van der Waals surface area contributed by atoms with Crippen molar-refractivity contribution in [2.45, 2.75) is 38.5 Å². The van der Waals surface area contributed by atoms with Crippen molar-refractivity contribution in [1.29, 1.82) is 0 Å². The highest BCUT2D eigenvalue weighted by Gasteiger charge is 1.92. The van der Waals surface area contributed by atoms with E-state index in [0.29, 0.717) is 0 Å². The van der Waals surface area contributed by atoms with Gasteiger partial charge in [-0.3, -0.25) is 0 Å². The van der Waals surface area contributed by atoms with Crippen molar-refractivity contribution in [3.05, 3.63) is 35.9 Å². The molecule has 14 heavy (non-hydrogen) atoms. The maximum Gasteiger partial charge on any atom is -0.0210 e. The normalized spacial score (nSPS) is 10.0. The van der Waals surface area contributed by atoms with Crippen LogP contribution in [0.5, 0.6) is 0 Å². The Hall–Kier alpha value is -0.690. The summed E-state index contributed by atoms with van der Waals surface area (Å²) in [5, 5.41) is 1.84. The Morgan fingerprint density at radius 3 is 2.36 bits per heavy atom. The molecule has 0 aliphatic carbocycles. The summed E-state index contributed by atoms with van der Waals surface area (Å²) in [5.74, 6) is 0. The number of hydrogen-bond acceptors (Lipinski definition) is 1. The first-order chi connectivity index (χ1) is 6.93. The minimum atomic E-state index is 1.10. The van der Waals surface area contributed by atoms with Gasteiger partial charge in [0.15, 0.2) is 0 Å². The molecule has 1 rings (SSSR count). The van der Waals surface area contributed by atoms with Gasteiger partial charge in [-0.25, -0.2) is 0 Å². The van der Waals surface area contributed by atoms with Crippen molar-refractivity contribution in [1.82, 2.24) is 0 Å². The molecular weight excluding hydrogens is 188 g/mol. The molecule has 0 saturated carbocycles. The summed E-state index contributed by atoms with van der Waals surface area (Å²) in [4.78, 5) is 0. The summed E-state index contributed by atoms with van der Waals surface area (Å²) >= 11 is 4.78. The second-order valence-corrected chi connectivity index (χ2v) is 3.94. The molecule has 0 aromatic heterocycles. The predicted molar refractivity (Wildman–Crippen MR) is 66.9 cm³/mol. The molecular formula is C13H18S. The quantitative estimate of drug-likeness (QED) is 0.476. The largest absolute Gasteiger partial charge is 0.0935 e. The Labute approximate surface area is 92.3 Å². The lowest BCUT2D eigenvalue weighted by Crippen LogP contribution is -1.85. The molecule has 0 aliphatic heterocycles. The lowest BCUT2D eigenvalue weighted by molar-refractivity contribution is 0.655. The number of benzene rings is 1. The summed E-state index contributed by atoms with van der Waals surface area (Å²) in [6.45, 7) is 0. The summed E-state index contributed by atoms with van der Waals surface area (Å²) in [7, 11) is 0. The van der Waals surface area contributed by atoms with E-state index in [1.807, 2.05) is 5.37 Å². The average molecular weight is 206 g/mol. The molecule has 1 aromatic rings. The topological polar surface area (TPSA) is 0 Å². The first kappa shape index (κ1) is 11.4. The van der Waals surface area contributed by atoms with Gasteiger partial charge in [-0.1, -0.05) is 55.4 Å². The zero-order chi connectivity index (χ0) is 10.1. The number of unbranched alkanes of at least 4 members (excludes halogenated alkanes) is 4. The fourth-order valence-corrected chi connectivity index (χ4v) is 1.72. The summed E-state index contributed by atoms with van der Waals surface area (Å²) in [6.07, 6.45) is 7.54. The van der Waals surface area contributed by atoms with Gasteiger partial charge in [0.1, 0.15) is 0 Å². The number of hydrogen-bond donors (Lipinski definition) is 0. The third kappa shape index (κ3) is 5.13. The van der Waals surface area contributed by atoms with Crippen LogP contribution in [0.25, 0.3) is 0 Å². The van der Waals surface area contributed by atoms with Crippen LogP contribution in [-0.2, 0) is 6.42 Å². The zero-order valence-electron chi connectivity index (χ0n) is 8.61. The lowest BCUT2D eigenvalue weighted by Gasteiger charge is -2.00. The summed E-state index contributed by atoms with van der Waals surface area (Å²) in [5.41, 5.74) is 1.46. The Balaban J connectivity index is 2.02. The fourth-order valence-electron chi connectivity index (χ4n) is 1.56. The molecule has 76 valence electrons. The van der Waals surface area contributed by atoms with Crippen LogP contribution in [0.2, 0.25) is 0 Å². The standard InChI is InChI=1S/C13H18S/c14-12-8-3-1-2-5-9-13-10-6-4-7-11-13/h4,6-7,10-12H,1-3,5,8-9H2. The maximum absolute atomic E-state index is 4.78. The van der Waals surface area contributed by atoms with Crippen molar-refractivity contribution < 1.29 is 0 Å². The SMILES string of the molecule is S=CCCCCCCc1ccccc1. The molecule has 0 amide bonds. The van der Waals surface area contributed by atoms with Crippen molar-refractivity contribution in [3.63, 3.8) is 0 Å². The third-order valence-corrected chi connectivity index (χ3v) is 2.62. The maximum atomic E-state index is 4.78. The van der Waals surface area contributed by atoms with Gasteiger partial charge in [0.05, 0.1) is 0 Å². The van der Waals surface area contributed by atoms with Gasteiger partial charge in [-0.05, 0) is 36.6 Å². The van der Waals surface area contributed by atoms with Gasteiger partial charge in [-0.15, -0.1) is 0 Å². The fraction of sp³-hybridized carbons (Fsp3) is 0.462. The van der Waals surface area contributed by atoms with Crippen LogP contribution in [-0.4, -0.2) is 5.37 Å². The van der Waals surface area contributed by atoms with Gasteiger partial charge >= 0.3 is 0 Å². The smallest absolute Gasteiger partial charge is 0.0210 e. The first-order valence-corrected chi connectivity index (χ1v) is 5.88. The summed E-state index contributed by atoms with van der Waals surface area (Å²) < 4.78 is 0. The van der Waals surface area contributed by atoms with E-state index in [1.54, 1.807) is 0 Å². The van der Waals surface area contributed by atoms with E-state index in [0.717, 1.165) is 6.42 Å². The highest BCUT2D eigenvalue weighted by atomic mass is 32.1. The van der Waals surface area contributed by atoms with E-state index in [4.69, 9.17) is 12.2 Å². The van der Waals surface area contributed by atoms with Gasteiger partial charge in [0.25, 0.3) is 0 Å². The Kier molecular flexibility index (Phi) is 6.25. The van der Waals surface area contributed by atoms with Crippen LogP contribution < -0.4 is 0 Å². The van der Waals surface area contributed by atoms with E-state index >= 15 is 0 Å². The molecule has 1 heteroatoms. The highest BCUT2D eigenvalue weighted by molar-refractivity contribution is 7.78. The third-order valence-electron chi connectivity index (χ3n) is 2.38. The van der Waals surface area contributed by atoms with Crippen molar-refractivity contribution in [2.75, 3.05) is 0 Å². The molecule has 0 nitrogen and oxygen atoms in total. The molecule has 0 aliphatic rings. The van der Waals surface area contributed by atoms with Crippen LogP contribution in [0.1, 0.15) is 37.7 Å². The minimum Gasteiger partial charge on any atom is -0.0935 e. The van der Waals surface area contributed by atoms with Crippen LogP contribution in [0, 0.1) is 0 Å². The molecule has 0 N–H and O–H groups in total. The molecule has 0 bridgehead atoms. The van der Waals surface area contributed by atoms with E-state index in [-0.39, 0.29) is 0 Å². The van der Waals surface area contributed by atoms with Crippen LogP contribution >= 0.6 is 12.2 Å². The monoisotopic (exact) mass is 206 g/mol. The average Bonchev–Trinajstić information content (AvgIpc) is 2.25. The highest BCUT2D eigenvalue weighted by Crippen LogP contribution is 2.08. The first-order valence-electron chi connectivity index (χ1n) is 5.41. The zero-order valence-corrected chi connectivity index (χ0v) is 9.43. The number of rotatable bonds is 7. The number of aryl methyl sites for hydroxylation is 1. The number of thiocarbonyl (C=S) groups is 1. The molecule has 0 atom stereocenters. The lowest BCUT2D eigenvalue weighted by atomic mass is 10.1. The van der Waals surface area contributed by atoms with Gasteiger partial charge in [0.2, 0.25) is 0 Å². The Bertz CT molecular complexity index is 241. The van der Waals surface area contributed by atoms with Gasteiger partial charge < -0.3 is 0 Å². The van der Waals surface area contributed by atoms with Crippen molar-refractivity contribution in [3.8, 4) is 0 Å². The second-order valence-electron chi connectivity index (χ2n) is 3.61. The molecule has 0 heterocycles.